The summed E-state index contributed by atoms with van der Waals surface area (Å²) in [5.41, 5.74) is 1.83. The Kier molecular flexibility index (Phi) is 4.97. The molecule has 1 N–H and O–H groups in total. The lowest BCUT2D eigenvalue weighted by Gasteiger charge is -2.10. The van der Waals surface area contributed by atoms with E-state index in [1.807, 2.05) is 54.6 Å². The zero-order chi connectivity index (χ0) is 19.3. The van der Waals surface area contributed by atoms with E-state index in [0.717, 1.165) is 17.2 Å². The van der Waals surface area contributed by atoms with E-state index in [2.05, 4.69) is 15.3 Å². The molecule has 0 saturated carbocycles. The molecule has 0 fully saturated rings. The van der Waals surface area contributed by atoms with Crippen molar-refractivity contribution in [2.75, 3.05) is 5.32 Å². The maximum absolute atomic E-state index is 14.1. The molecular weight excluding hydrogens is 353 g/mol. The molecule has 0 spiro atoms. The van der Waals surface area contributed by atoms with Gasteiger partial charge in [0.25, 0.3) is 0 Å². The van der Waals surface area contributed by atoms with Gasteiger partial charge in [0, 0.05) is 17.3 Å². The van der Waals surface area contributed by atoms with Crippen LogP contribution in [0.2, 0.25) is 0 Å². The minimum absolute atomic E-state index is 0.311. The van der Waals surface area contributed by atoms with Crippen LogP contribution >= 0.6 is 0 Å². The number of ether oxygens (including phenoxy) is 1. The Hall–Kier alpha value is -3.73. The summed E-state index contributed by atoms with van der Waals surface area (Å²) in [6, 6.07) is 25.5. The number of nitrogens with zero attached hydrogens (tertiary/aromatic N) is 2. The number of para-hydroxylation sites is 1. The van der Waals surface area contributed by atoms with Crippen molar-refractivity contribution in [3.05, 3.63) is 96.6 Å². The number of aromatic nitrogens is 2. The predicted molar refractivity (Wildman–Crippen MR) is 108 cm³/mol. The van der Waals surface area contributed by atoms with Crippen molar-refractivity contribution >= 4 is 11.5 Å². The van der Waals surface area contributed by atoms with Crippen molar-refractivity contribution in [2.45, 2.75) is 6.92 Å². The maximum Gasteiger partial charge on any atom is 0.134 e. The van der Waals surface area contributed by atoms with Crippen molar-refractivity contribution in [3.63, 3.8) is 0 Å². The number of halogens is 1. The van der Waals surface area contributed by atoms with Crippen LogP contribution < -0.4 is 10.1 Å². The van der Waals surface area contributed by atoms with Crippen LogP contribution in [0.4, 0.5) is 15.9 Å². The molecule has 0 aliphatic heterocycles. The number of hydrogen-bond donors (Lipinski definition) is 1. The average molecular weight is 371 g/mol. The zero-order valence-corrected chi connectivity index (χ0v) is 15.3. The lowest BCUT2D eigenvalue weighted by atomic mass is 10.1. The number of hydrogen-bond acceptors (Lipinski definition) is 4. The van der Waals surface area contributed by atoms with Gasteiger partial charge >= 0.3 is 0 Å². The minimum Gasteiger partial charge on any atom is -0.457 e. The summed E-state index contributed by atoms with van der Waals surface area (Å²) in [6.07, 6.45) is 0. The van der Waals surface area contributed by atoms with Gasteiger partial charge in [-0.05, 0) is 55.5 Å². The fourth-order valence-corrected chi connectivity index (χ4v) is 2.82. The van der Waals surface area contributed by atoms with E-state index >= 15 is 0 Å². The molecule has 0 radical (unpaired) electrons. The fourth-order valence-electron chi connectivity index (χ4n) is 2.82. The van der Waals surface area contributed by atoms with E-state index in [9.17, 15) is 4.39 Å². The Morgan fingerprint density at radius 3 is 2.21 bits per heavy atom. The topological polar surface area (TPSA) is 47.0 Å². The third kappa shape index (κ3) is 4.15. The van der Waals surface area contributed by atoms with Crippen LogP contribution in [0.5, 0.6) is 11.5 Å². The summed E-state index contributed by atoms with van der Waals surface area (Å²) in [7, 11) is 0. The van der Waals surface area contributed by atoms with Crippen LogP contribution in [0.15, 0.2) is 84.9 Å². The third-order valence-corrected chi connectivity index (χ3v) is 4.09. The first-order chi connectivity index (χ1) is 13.7. The van der Waals surface area contributed by atoms with Crippen LogP contribution in [0, 0.1) is 12.7 Å². The van der Waals surface area contributed by atoms with Gasteiger partial charge in [-0.2, -0.15) is 0 Å². The van der Waals surface area contributed by atoms with Gasteiger partial charge in [-0.25, -0.2) is 14.4 Å². The largest absolute Gasteiger partial charge is 0.457 e. The number of benzene rings is 3. The average Bonchev–Trinajstić information content (AvgIpc) is 2.70. The van der Waals surface area contributed by atoms with E-state index in [0.29, 0.717) is 22.9 Å². The second kappa shape index (κ2) is 7.88. The van der Waals surface area contributed by atoms with Crippen molar-refractivity contribution in [2.24, 2.45) is 0 Å². The van der Waals surface area contributed by atoms with Crippen LogP contribution in [-0.4, -0.2) is 9.97 Å². The van der Waals surface area contributed by atoms with E-state index in [4.69, 9.17) is 4.74 Å². The number of anilines is 2. The van der Waals surface area contributed by atoms with Crippen molar-refractivity contribution in [1.82, 2.24) is 9.97 Å². The van der Waals surface area contributed by atoms with Crippen molar-refractivity contribution in [3.8, 4) is 22.8 Å². The third-order valence-electron chi connectivity index (χ3n) is 4.09. The van der Waals surface area contributed by atoms with Gasteiger partial charge in [0.2, 0.25) is 0 Å². The maximum atomic E-state index is 14.1. The molecule has 0 bridgehead atoms. The van der Waals surface area contributed by atoms with E-state index < -0.39 is 0 Å². The highest BCUT2D eigenvalue weighted by Gasteiger charge is 2.09. The number of nitrogens with one attached hydrogen (secondary N) is 1. The first-order valence-electron chi connectivity index (χ1n) is 8.88. The summed E-state index contributed by atoms with van der Waals surface area (Å²) >= 11 is 0. The summed E-state index contributed by atoms with van der Waals surface area (Å²) < 4.78 is 19.9. The smallest absolute Gasteiger partial charge is 0.134 e. The number of aryl methyl sites for hydroxylation is 1. The van der Waals surface area contributed by atoms with E-state index in [1.165, 1.54) is 6.07 Å². The molecule has 4 aromatic rings. The number of rotatable bonds is 5. The molecule has 1 heterocycles. The normalized spacial score (nSPS) is 10.5. The SMILES string of the molecule is Cc1nc(Nc2ccc(Oc3ccccc3)cc2)cc(-c2ccccc2F)n1. The monoisotopic (exact) mass is 371 g/mol. The zero-order valence-electron chi connectivity index (χ0n) is 15.3. The minimum atomic E-state index is -0.311. The molecule has 4 nitrogen and oxygen atoms in total. The Bertz CT molecular complexity index is 1080. The van der Waals surface area contributed by atoms with Crippen LogP contribution in [0.3, 0.4) is 0 Å². The molecule has 0 saturated heterocycles. The molecule has 0 aliphatic rings. The second-order valence-corrected chi connectivity index (χ2v) is 6.23. The molecule has 0 unspecified atom stereocenters. The molecule has 4 rings (SSSR count). The van der Waals surface area contributed by atoms with E-state index in [-0.39, 0.29) is 5.82 Å². The van der Waals surface area contributed by atoms with Gasteiger partial charge in [-0.15, -0.1) is 0 Å². The second-order valence-electron chi connectivity index (χ2n) is 6.23. The summed E-state index contributed by atoms with van der Waals surface area (Å²) in [5, 5.41) is 3.24. The lowest BCUT2D eigenvalue weighted by Crippen LogP contribution is -1.99. The quantitative estimate of drug-likeness (QED) is 0.459. The molecule has 0 aliphatic carbocycles. The molecule has 28 heavy (non-hydrogen) atoms. The van der Waals surface area contributed by atoms with Crippen LogP contribution in [0.25, 0.3) is 11.3 Å². The van der Waals surface area contributed by atoms with Crippen LogP contribution in [0.1, 0.15) is 5.82 Å². The summed E-state index contributed by atoms with van der Waals surface area (Å²) in [5.74, 6) is 2.37. The first kappa shape index (κ1) is 17.7. The lowest BCUT2D eigenvalue weighted by molar-refractivity contribution is 0.483. The Morgan fingerprint density at radius 1 is 0.786 bits per heavy atom. The molecule has 0 atom stereocenters. The molecule has 1 aromatic heterocycles. The summed E-state index contributed by atoms with van der Waals surface area (Å²) in [6.45, 7) is 1.78. The van der Waals surface area contributed by atoms with Gasteiger partial charge in [0.15, 0.2) is 0 Å². The van der Waals surface area contributed by atoms with Gasteiger partial charge in [-0.1, -0.05) is 30.3 Å². The molecular formula is C23H18FN3O. The molecule has 138 valence electrons. The highest BCUT2D eigenvalue weighted by Crippen LogP contribution is 2.26. The summed E-state index contributed by atoms with van der Waals surface area (Å²) in [4.78, 5) is 8.75. The van der Waals surface area contributed by atoms with Gasteiger partial charge in [-0.3, -0.25) is 0 Å². The molecule has 0 amide bonds. The molecule has 5 heteroatoms. The highest BCUT2D eigenvalue weighted by atomic mass is 19.1. The van der Waals surface area contributed by atoms with Gasteiger partial charge in [0.05, 0.1) is 5.69 Å². The predicted octanol–water partition coefficient (Wildman–Crippen LogP) is 6.13. The fraction of sp³-hybridized carbons (Fsp3) is 0.0435. The van der Waals surface area contributed by atoms with Crippen molar-refractivity contribution < 1.29 is 9.13 Å². The van der Waals surface area contributed by atoms with Crippen LogP contribution in [-0.2, 0) is 0 Å². The first-order valence-corrected chi connectivity index (χ1v) is 8.88. The van der Waals surface area contributed by atoms with Gasteiger partial charge in [0.1, 0.15) is 29.0 Å². The molecule has 3 aromatic carbocycles. The Labute approximate surface area is 162 Å². The standard InChI is InChI=1S/C23H18FN3O/c1-16-25-22(20-9-5-6-10-21(20)24)15-23(26-16)27-17-11-13-19(14-12-17)28-18-7-3-2-4-8-18/h2-15H,1H3,(H,25,26,27). The van der Waals surface area contributed by atoms with Gasteiger partial charge < -0.3 is 10.1 Å². The van der Waals surface area contributed by atoms with Crippen molar-refractivity contribution in [1.29, 1.82) is 0 Å². The Balaban J connectivity index is 1.53. The highest BCUT2D eigenvalue weighted by molar-refractivity contribution is 5.66. The van der Waals surface area contributed by atoms with E-state index in [1.54, 1.807) is 31.2 Å². The Morgan fingerprint density at radius 2 is 1.46 bits per heavy atom.